The molecule has 0 aromatic carbocycles. The van der Waals surface area contributed by atoms with Gasteiger partial charge in [0.05, 0.1) is 11.1 Å². The first-order valence-electron chi connectivity index (χ1n) is 8.17. The first-order chi connectivity index (χ1) is 11.8. The summed E-state index contributed by atoms with van der Waals surface area (Å²) in [5.74, 6) is 12.8. The van der Waals surface area contributed by atoms with Gasteiger partial charge >= 0.3 is 0 Å². The SMILES string of the molecule is CCCC[n+]1cc(C#Cc2cc[nH]c2)cc(C#Cc2cc[nH]c2)c1. The smallest absolute Gasteiger partial charge is 0.184 e. The summed E-state index contributed by atoms with van der Waals surface area (Å²) in [5, 5.41) is 0. The zero-order chi connectivity index (χ0) is 16.6. The summed E-state index contributed by atoms with van der Waals surface area (Å²) in [5.41, 5.74) is 3.93. The second-order valence-corrected chi connectivity index (χ2v) is 5.60. The van der Waals surface area contributed by atoms with Gasteiger partial charge < -0.3 is 9.97 Å². The van der Waals surface area contributed by atoms with Crippen molar-refractivity contribution in [2.75, 3.05) is 0 Å². The lowest BCUT2D eigenvalue weighted by Gasteiger charge is -1.98. The van der Waals surface area contributed by atoms with Crippen LogP contribution < -0.4 is 4.57 Å². The van der Waals surface area contributed by atoms with Gasteiger partial charge in [0.2, 0.25) is 0 Å². The number of aromatic amines is 2. The molecule has 24 heavy (non-hydrogen) atoms. The number of rotatable bonds is 3. The Kier molecular flexibility index (Phi) is 5.17. The van der Waals surface area contributed by atoms with E-state index in [9.17, 15) is 0 Å². The summed E-state index contributed by atoms with van der Waals surface area (Å²) < 4.78 is 2.19. The number of nitrogens with one attached hydrogen (secondary N) is 2. The Balaban J connectivity index is 1.91. The van der Waals surface area contributed by atoms with Crippen LogP contribution in [0.5, 0.6) is 0 Å². The van der Waals surface area contributed by atoms with Crippen LogP contribution in [0.25, 0.3) is 0 Å². The predicted octanol–water partition coefficient (Wildman–Crippen LogP) is 3.23. The molecule has 0 fully saturated rings. The molecule has 3 aromatic heterocycles. The third-order valence-corrected chi connectivity index (χ3v) is 3.59. The van der Waals surface area contributed by atoms with E-state index < -0.39 is 0 Å². The van der Waals surface area contributed by atoms with Crippen molar-refractivity contribution >= 4 is 0 Å². The van der Waals surface area contributed by atoms with Crippen LogP contribution in [0.3, 0.4) is 0 Å². The molecule has 0 aliphatic rings. The summed E-state index contributed by atoms with van der Waals surface area (Å²) in [6.07, 6.45) is 14.0. The number of nitrogens with zero attached hydrogens (tertiary/aromatic N) is 1. The Morgan fingerprint density at radius 1 is 0.833 bits per heavy atom. The second-order valence-electron chi connectivity index (χ2n) is 5.60. The lowest BCUT2D eigenvalue weighted by molar-refractivity contribution is -0.697. The molecule has 0 saturated carbocycles. The molecular formula is C21H20N3+. The van der Waals surface area contributed by atoms with Crippen molar-refractivity contribution in [1.29, 1.82) is 0 Å². The number of aryl methyl sites for hydroxylation is 1. The molecule has 0 unspecified atom stereocenters. The van der Waals surface area contributed by atoms with Gasteiger partial charge in [0.15, 0.2) is 12.4 Å². The molecule has 0 aliphatic heterocycles. The molecule has 3 nitrogen and oxygen atoms in total. The highest BCUT2D eigenvalue weighted by atomic mass is 14.9. The Labute approximate surface area is 142 Å². The maximum atomic E-state index is 3.23. The van der Waals surface area contributed by atoms with Crippen molar-refractivity contribution in [3.05, 3.63) is 77.6 Å². The first-order valence-corrected chi connectivity index (χ1v) is 8.17. The minimum atomic E-state index is 0.980. The predicted molar refractivity (Wildman–Crippen MR) is 95.1 cm³/mol. The molecule has 0 aliphatic carbocycles. The maximum absolute atomic E-state index is 3.23. The van der Waals surface area contributed by atoms with E-state index in [2.05, 4.69) is 57.5 Å². The minimum Gasteiger partial charge on any atom is -0.367 e. The van der Waals surface area contributed by atoms with Crippen LogP contribution in [0.1, 0.15) is 42.0 Å². The molecule has 118 valence electrons. The van der Waals surface area contributed by atoms with Crippen LogP contribution in [0.15, 0.2) is 55.4 Å². The standard InChI is InChI=1S/C21H20N3/c1-2-3-12-24-16-20(6-4-18-8-10-22-14-18)13-21(17-24)7-5-19-9-11-23-15-19/h8-11,13-17,22-23H,2-3,12H2,1H3/q+1. The molecule has 0 bridgehead atoms. The van der Waals surface area contributed by atoms with Crippen molar-refractivity contribution in [3.63, 3.8) is 0 Å². The van der Waals surface area contributed by atoms with E-state index in [-0.39, 0.29) is 0 Å². The average molecular weight is 314 g/mol. The fourth-order valence-electron chi connectivity index (χ4n) is 2.34. The highest BCUT2D eigenvalue weighted by Gasteiger charge is 2.05. The number of pyridine rings is 1. The van der Waals surface area contributed by atoms with E-state index in [0.717, 1.165) is 41.6 Å². The molecular weight excluding hydrogens is 294 g/mol. The Hall–Kier alpha value is -3.17. The fourth-order valence-corrected chi connectivity index (χ4v) is 2.34. The van der Waals surface area contributed by atoms with Crippen molar-refractivity contribution < 1.29 is 4.57 Å². The zero-order valence-corrected chi connectivity index (χ0v) is 13.8. The molecule has 2 N–H and O–H groups in total. The van der Waals surface area contributed by atoms with Crippen molar-refractivity contribution in [1.82, 2.24) is 9.97 Å². The van der Waals surface area contributed by atoms with Gasteiger partial charge in [-0.15, -0.1) is 0 Å². The average Bonchev–Trinajstić information content (AvgIpc) is 3.29. The highest BCUT2D eigenvalue weighted by molar-refractivity contribution is 5.46. The van der Waals surface area contributed by atoms with E-state index in [1.807, 2.05) is 43.0 Å². The fraction of sp³-hybridized carbons (Fsp3) is 0.190. The van der Waals surface area contributed by atoms with Gasteiger partial charge in [-0.05, 0) is 18.2 Å². The van der Waals surface area contributed by atoms with Crippen molar-refractivity contribution in [2.45, 2.75) is 26.3 Å². The minimum absolute atomic E-state index is 0.980. The van der Waals surface area contributed by atoms with Crippen LogP contribution in [0.2, 0.25) is 0 Å². The van der Waals surface area contributed by atoms with Crippen LogP contribution in [-0.4, -0.2) is 9.97 Å². The summed E-state index contributed by atoms with van der Waals surface area (Å²) in [6, 6.07) is 5.98. The Bertz CT molecular complexity index is 825. The summed E-state index contributed by atoms with van der Waals surface area (Å²) in [6.45, 7) is 3.18. The zero-order valence-electron chi connectivity index (χ0n) is 13.8. The second kappa shape index (κ2) is 7.90. The molecule has 0 saturated heterocycles. The van der Waals surface area contributed by atoms with Crippen molar-refractivity contribution in [3.8, 4) is 23.7 Å². The van der Waals surface area contributed by atoms with Gasteiger partial charge in [0, 0.05) is 42.3 Å². The lowest BCUT2D eigenvalue weighted by Crippen LogP contribution is -2.33. The lowest BCUT2D eigenvalue weighted by atomic mass is 10.1. The number of unbranched alkanes of at least 4 members (excludes halogenated alkanes) is 1. The molecule has 0 radical (unpaired) electrons. The van der Waals surface area contributed by atoms with Crippen LogP contribution >= 0.6 is 0 Å². The maximum Gasteiger partial charge on any atom is 0.184 e. The normalized spacial score (nSPS) is 9.71. The number of hydrogen-bond donors (Lipinski definition) is 2. The molecule has 0 spiro atoms. The van der Waals surface area contributed by atoms with Gasteiger partial charge in [-0.2, -0.15) is 0 Å². The Morgan fingerprint density at radius 3 is 1.83 bits per heavy atom. The van der Waals surface area contributed by atoms with E-state index in [0.29, 0.717) is 0 Å². The monoisotopic (exact) mass is 314 g/mol. The quantitative estimate of drug-likeness (QED) is 0.550. The van der Waals surface area contributed by atoms with E-state index in [4.69, 9.17) is 0 Å². The Morgan fingerprint density at radius 2 is 1.38 bits per heavy atom. The van der Waals surface area contributed by atoms with Crippen molar-refractivity contribution in [2.24, 2.45) is 0 Å². The molecule has 3 rings (SSSR count). The van der Waals surface area contributed by atoms with Crippen LogP contribution in [0.4, 0.5) is 0 Å². The van der Waals surface area contributed by atoms with Gasteiger partial charge in [0.25, 0.3) is 0 Å². The third kappa shape index (κ3) is 4.41. The number of H-pyrrole nitrogens is 2. The highest BCUT2D eigenvalue weighted by Crippen LogP contribution is 2.02. The van der Waals surface area contributed by atoms with E-state index >= 15 is 0 Å². The molecule has 3 heteroatoms. The summed E-state index contributed by atoms with van der Waals surface area (Å²) in [4.78, 5) is 6.04. The molecule has 0 atom stereocenters. The van der Waals surface area contributed by atoms with Crippen LogP contribution in [-0.2, 0) is 6.54 Å². The number of aromatic nitrogens is 3. The van der Waals surface area contributed by atoms with Gasteiger partial charge in [-0.3, -0.25) is 0 Å². The summed E-state index contributed by atoms with van der Waals surface area (Å²) in [7, 11) is 0. The first kappa shape index (κ1) is 15.7. The van der Waals surface area contributed by atoms with E-state index in [1.165, 1.54) is 0 Å². The molecule has 3 aromatic rings. The van der Waals surface area contributed by atoms with Gasteiger partial charge in [0.1, 0.15) is 6.54 Å². The molecule has 3 heterocycles. The number of hydrogen-bond acceptors (Lipinski definition) is 0. The third-order valence-electron chi connectivity index (χ3n) is 3.59. The summed E-state index contributed by atoms with van der Waals surface area (Å²) >= 11 is 0. The van der Waals surface area contributed by atoms with Gasteiger partial charge in [-0.25, -0.2) is 4.57 Å². The van der Waals surface area contributed by atoms with E-state index in [1.54, 1.807) is 0 Å². The topological polar surface area (TPSA) is 35.5 Å². The molecule has 0 amide bonds. The van der Waals surface area contributed by atoms with Gasteiger partial charge in [-0.1, -0.05) is 37.0 Å². The van der Waals surface area contributed by atoms with Crippen LogP contribution in [0, 0.1) is 23.7 Å². The largest absolute Gasteiger partial charge is 0.367 e.